The lowest BCUT2D eigenvalue weighted by Crippen LogP contribution is -1.89. The van der Waals surface area contributed by atoms with Gasteiger partial charge in [0.05, 0.1) is 0 Å². The fourth-order valence-electron chi connectivity index (χ4n) is 2.39. The minimum absolute atomic E-state index is 0.523. The van der Waals surface area contributed by atoms with E-state index in [-0.39, 0.29) is 0 Å². The van der Waals surface area contributed by atoms with E-state index < -0.39 is 0 Å². The summed E-state index contributed by atoms with van der Waals surface area (Å²) in [6.45, 7) is 9.22. The van der Waals surface area contributed by atoms with Gasteiger partial charge in [-0.05, 0) is 29.7 Å². The fraction of sp³-hybridized carbons (Fsp3) is 0.538. The number of aryl methyl sites for hydroxylation is 1. The maximum Gasteiger partial charge on any atom is -0.00768 e. The molecule has 0 N–H and O–H groups in total. The van der Waals surface area contributed by atoms with Crippen LogP contribution in [-0.2, 0) is 0 Å². The first kappa shape index (κ1) is 8.80. The van der Waals surface area contributed by atoms with Crippen LogP contribution in [0.5, 0.6) is 0 Å². The van der Waals surface area contributed by atoms with Crippen LogP contribution < -0.4 is 0 Å². The first-order valence-corrected chi connectivity index (χ1v) is 5.10. The summed E-state index contributed by atoms with van der Waals surface area (Å²) in [7, 11) is 0. The Morgan fingerprint density at radius 1 is 1.08 bits per heavy atom. The van der Waals surface area contributed by atoms with Crippen molar-refractivity contribution < 1.29 is 0 Å². The molecule has 2 rings (SSSR count). The highest BCUT2D eigenvalue weighted by Gasteiger charge is 2.54. The van der Waals surface area contributed by atoms with Gasteiger partial charge in [0.15, 0.2) is 0 Å². The highest BCUT2D eigenvalue weighted by Crippen LogP contribution is 2.63. The van der Waals surface area contributed by atoms with E-state index in [2.05, 4.69) is 52.0 Å². The number of hydrogen-bond acceptors (Lipinski definition) is 0. The third-order valence-electron chi connectivity index (χ3n) is 3.80. The van der Waals surface area contributed by atoms with Crippen molar-refractivity contribution in [2.75, 3.05) is 0 Å². The van der Waals surface area contributed by atoms with Crippen LogP contribution in [0.1, 0.15) is 37.8 Å². The van der Waals surface area contributed by atoms with Crippen molar-refractivity contribution in [3.05, 3.63) is 35.4 Å². The van der Waals surface area contributed by atoms with Crippen LogP contribution >= 0.6 is 0 Å². The molecule has 1 aliphatic rings. The molecule has 13 heavy (non-hydrogen) atoms. The smallest absolute Gasteiger partial charge is 0.00768 e. The Bertz CT molecular complexity index is 305. The molecule has 0 radical (unpaired) electrons. The molecule has 0 amide bonds. The quantitative estimate of drug-likeness (QED) is 0.608. The predicted molar refractivity (Wildman–Crippen MR) is 56.9 cm³/mol. The van der Waals surface area contributed by atoms with E-state index in [9.17, 15) is 0 Å². The second-order valence-corrected chi connectivity index (χ2v) is 5.00. The van der Waals surface area contributed by atoms with Crippen molar-refractivity contribution in [3.63, 3.8) is 0 Å². The third-order valence-corrected chi connectivity index (χ3v) is 3.80. The van der Waals surface area contributed by atoms with Crippen LogP contribution in [0, 0.1) is 18.3 Å². The summed E-state index contributed by atoms with van der Waals surface area (Å²) in [5, 5.41) is 0. The van der Waals surface area contributed by atoms with Crippen LogP contribution in [-0.4, -0.2) is 0 Å². The van der Waals surface area contributed by atoms with Gasteiger partial charge >= 0.3 is 0 Å². The van der Waals surface area contributed by atoms with Gasteiger partial charge < -0.3 is 0 Å². The molecule has 1 fully saturated rings. The van der Waals surface area contributed by atoms with Gasteiger partial charge in [-0.15, -0.1) is 0 Å². The Kier molecular flexibility index (Phi) is 1.76. The highest BCUT2D eigenvalue weighted by molar-refractivity contribution is 5.32. The van der Waals surface area contributed by atoms with Gasteiger partial charge in [-0.3, -0.25) is 0 Å². The average molecular weight is 174 g/mol. The van der Waals surface area contributed by atoms with Gasteiger partial charge in [0, 0.05) is 0 Å². The van der Waals surface area contributed by atoms with Crippen molar-refractivity contribution in [3.8, 4) is 0 Å². The second-order valence-electron chi connectivity index (χ2n) is 5.00. The summed E-state index contributed by atoms with van der Waals surface area (Å²) in [6.07, 6.45) is 0. The zero-order valence-corrected chi connectivity index (χ0v) is 8.96. The summed E-state index contributed by atoms with van der Waals surface area (Å²) < 4.78 is 0. The predicted octanol–water partition coefficient (Wildman–Crippen LogP) is 3.75. The van der Waals surface area contributed by atoms with Gasteiger partial charge in [0.25, 0.3) is 0 Å². The summed E-state index contributed by atoms with van der Waals surface area (Å²) in [5.74, 6) is 1.63. The second kappa shape index (κ2) is 2.60. The minimum Gasteiger partial charge on any atom is -0.0614 e. The van der Waals surface area contributed by atoms with Gasteiger partial charge in [-0.2, -0.15) is 0 Å². The van der Waals surface area contributed by atoms with Crippen LogP contribution in [0.25, 0.3) is 0 Å². The largest absolute Gasteiger partial charge is 0.0614 e. The van der Waals surface area contributed by atoms with E-state index in [0.717, 1.165) is 11.8 Å². The highest BCUT2D eigenvalue weighted by atomic mass is 14.6. The van der Waals surface area contributed by atoms with Gasteiger partial charge in [0.2, 0.25) is 0 Å². The molecule has 2 atom stereocenters. The zero-order valence-electron chi connectivity index (χ0n) is 8.96. The molecule has 0 heteroatoms. The zero-order chi connectivity index (χ0) is 9.64. The summed E-state index contributed by atoms with van der Waals surface area (Å²) in [4.78, 5) is 0. The van der Waals surface area contributed by atoms with Crippen molar-refractivity contribution in [2.45, 2.75) is 33.6 Å². The van der Waals surface area contributed by atoms with Gasteiger partial charge in [-0.25, -0.2) is 0 Å². The van der Waals surface area contributed by atoms with E-state index in [1.165, 1.54) is 11.1 Å². The van der Waals surface area contributed by atoms with Crippen LogP contribution in [0.2, 0.25) is 0 Å². The third kappa shape index (κ3) is 1.29. The van der Waals surface area contributed by atoms with Crippen molar-refractivity contribution in [2.24, 2.45) is 11.3 Å². The molecule has 70 valence electrons. The molecule has 0 heterocycles. The summed E-state index contributed by atoms with van der Waals surface area (Å²) in [6, 6.07) is 9.00. The minimum atomic E-state index is 0.523. The van der Waals surface area contributed by atoms with Crippen LogP contribution in [0.3, 0.4) is 0 Å². The molecule has 0 bridgehead atoms. The first-order chi connectivity index (χ1) is 6.03. The number of benzene rings is 1. The summed E-state index contributed by atoms with van der Waals surface area (Å²) >= 11 is 0. The van der Waals surface area contributed by atoms with Crippen LogP contribution in [0.15, 0.2) is 24.3 Å². The van der Waals surface area contributed by atoms with E-state index in [1.54, 1.807) is 0 Å². The molecule has 1 aromatic rings. The lowest BCUT2D eigenvalue weighted by molar-refractivity contribution is 0.575. The molecule has 0 aliphatic heterocycles. The van der Waals surface area contributed by atoms with Crippen molar-refractivity contribution in [1.29, 1.82) is 0 Å². The Labute approximate surface area is 81.0 Å². The lowest BCUT2D eigenvalue weighted by Gasteiger charge is -2.03. The molecule has 1 aliphatic carbocycles. The van der Waals surface area contributed by atoms with E-state index >= 15 is 0 Å². The Morgan fingerprint density at radius 3 is 1.92 bits per heavy atom. The Balaban J connectivity index is 2.25. The molecule has 1 saturated carbocycles. The number of rotatable bonds is 1. The molecule has 1 aromatic carbocycles. The molecule has 0 nitrogen and oxygen atoms in total. The maximum atomic E-state index is 2.36. The Hall–Kier alpha value is -0.780. The first-order valence-electron chi connectivity index (χ1n) is 5.10. The Morgan fingerprint density at radius 2 is 1.54 bits per heavy atom. The molecule has 0 saturated heterocycles. The van der Waals surface area contributed by atoms with Crippen molar-refractivity contribution in [1.82, 2.24) is 0 Å². The van der Waals surface area contributed by atoms with Crippen molar-refractivity contribution >= 4 is 0 Å². The van der Waals surface area contributed by atoms with Crippen LogP contribution in [0.4, 0.5) is 0 Å². The molecular formula is C13H18. The molecule has 0 aromatic heterocycles. The van der Waals surface area contributed by atoms with E-state index in [1.807, 2.05) is 0 Å². The average Bonchev–Trinajstić information content (AvgIpc) is 2.55. The number of hydrogen-bond donors (Lipinski definition) is 0. The van der Waals surface area contributed by atoms with E-state index in [0.29, 0.717) is 5.41 Å². The topological polar surface area (TPSA) is 0 Å². The van der Waals surface area contributed by atoms with Gasteiger partial charge in [-0.1, -0.05) is 50.6 Å². The normalized spacial score (nSPS) is 30.2. The monoisotopic (exact) mass is 174 g/mol. The summed E-state index contributed by atoms with van der Waals surface area (Å²) in [5.41, 5.74) is 3.40. The van der Waals surface area contributed by atoms with Gasteiger partial charge in [0.1, 0.15) is 0 Å². The SMILES string of the molecule is Cc1ccc([C@@H]2[C@@H](C)C2(C)C)cc1. The maximum absolute atomic E-state index is 2.36. The molecular weight excluding hydrogens is 156 g/mol. The molecule has 0 spiro atoms. The lowest BCUT2D eigenvalue weighted by atomic mass is 10.0. The standard InChI is InChI=1S/C13H18/c1-9-5-7-11(8-6-9)12-10(2)13(12,3)4/h5-8,10,12H,1-4H3/t10-,12+/m1/s1. The fourth-order valence-corrected chi connectivity index (χ4v) is 2.39. The van der Waals surface area contributed by atoms with E-state index in [4.69, 9.17) is 0 Å². The molecule has 0 unspecified atom stereocenters.